The molecule has 0 aromatic rings. The van der Waals surface area contributed by atoms with Crippen molar-refractivity contribution in [2.24, 2.45) is 0 Å². The predicted octanol–water partition coefficient (Wildman–Crippen LogP) is 0.749. The summed E-state index contributed by atoms with van der Waals surface area (Å²) in [5.41, 5.74) is 0. The van der Waals surface area contributed by atoms with Gasteiger partial charge in [0.1, 0.15) is 0 Å². The fourth-order valence-electron chi connectivity index (χ4n) is 2.42. The lowest BCUT2D eigenvalue weighted by molar-refractivity contribution is -0.151. The molecular formula is C10H18N2O. The normalized spacial score (nSPS) is 30.4. The van der Waals surface area contributed by atoms with Crippen molar-refractivity contribution in [3.63, 3.8) is 0 Å². The number of hydrogen-bond donors (Lipinski definition) is 1. The van der Waals surface area contributed by atoms with E-state index in [2.05, 4.69) is 17.1 Å². The fraction of sp³-hybridized carbons (Fsp3) is 0.900. The van der Waals surface area contributed by atoms with Crippen LogP contribution in [-0.4, -0.2) is 36.0 Å². The Balaban J connectivity index is 1.93. The maximum absolute atomic E-state index is 11.4. The van der Waals surface area contributed by atoms with E-state index in [4.69, 9.17) is 0 Å². The number of β-lactam (4-membered cyclic amide) rings is 1. The molecule has 2 aliphatic heterocycles. The second-order valence-corrected chi connectivity index (χ2v) is 4.05. The van der Waals surface area contributed by atoms with Crippen LogP contribution >= 0.6 is 0 Å². The molecular weight excluding hydrogens is 164 g/mol. The Bertz CT molecular complexity index is 199. The third-order valence-corrected chi connectivity index (χ3v) is 3.26. The summed E-state index contributed by atoms with van der Waals surface area (Å²) in [4.78, 5) is 13.5. The van der Waals surface area contributed by atoms with Gasteiger partial charge in [-0.2, -0.15) is 0 Å². The zero-order valence-electron chi connectivity index (χ0n) is 8.25. The van der Waals surface area contributed by atoms with Crippen LogP contribution in [0.15, 0.2) is 0 Å². The van der Waals surface area contributed by atoms with Crippen LogP contribution in [-0.2, 0) is 4.79 Å². The third kappa shape index (κ3) is 1.57. The highest BCUT2D eigenvalue weighted by molar-refractivity contribution is 5.83. The molecule has 1 atom stereocenters. The minimum atomic E-state index is 0.374. The maximum atomic E-state index is 11.4. The summed E-state index contributed by atoms with van der Waals surface area (Å²) >= 11 is 0. The molecule has 0 aliphatic carbocycles. The van der Waals surface area contributed by atoms with Gasteiger partial charge in [-0.05, 0) is 32.4 Å². The van der Waals surface area contributed by atoms with Crippen molar-refractivity contribution in [3.8, 4) is 0 Å². The highest BCUT2D eigenvalue weighted by Gasteiger charge is 2.39. The van der Waals surface area contributed by atoms with Gasteiger partial charge in [0, 0.05) is 18.5 Å². The second-order valence-electron chi connectivity index (χ2n) is 4.05. The van der Waals surface area contributed by atoms with Gasteiger partial charge in [0.05, 0.1) is 0 Å². The van der Waals surface area contributed by atoms with Crippen molar-refractivity contribution >= 4 is 5.91 Å². The Kier molecular flexibility index (Phi) is 2.54. The summed E-state index contributed by atoms with van der Waals surface area (Å²) in [6, 6.07) is 1.09. The first-order valence-corrected chi connectivity index (χ1v) is 5.34. The van der Waals surface area contributed by atoms with Gasteiger partial charge in [-0.25, -0.2) is 0 Å². The summed E-state index contributed by atoms with van der Waals surface area (Å²) in [7, 11) is 0. The highest BCUT2D eigenvalue weighted by atomic mass is 16.2. The first-order chi connectivity index (χ1) is 6.33. The second kappa shape index (κ2) is 3.66. The number of hydrogen-bond acceptors (Lipinski definition) is 2. The molecule has 2 rings (SSSR count). The molecule has 74 valence electrons. The summed E-state index contributed by atoms with van der Waals surface area (Å²) in [5, 5.41) is 3.33. The fourth-order valence-corrected chi connectivity index (χ4v) is 2.42. The Labute approximate surface area is 79.5 Å². The van der Waals surface area contributed by atoms with E-state index in [0.717, 1.165) is 38.8 Å². The van der Waals surface area contributed by atoms with E-state index in [-0.39, 0.29) is 0 Å². The standard InChI is InChI=1S/C10H18N2O/c1-2-8-7-10(13)12(8)9-3-5-11-6-4-9/h8-9,11H,2-7H2,1H3/t8-/m0/s1. The van der Waals surface area contributed by atoms with Crippen molar-refractivity contribution in [2.75, 3.05) is 13.1 Å². The number of carbonyl (C=O) groups excluding carboxylic acids is 1. The lowest BCUT2D eigenvalue weighted by Crippen LogP contribution is -2.59. The Morgan fingerprint density at radius 3 is 2.69 bits per heavy atom. The first-order valence-electron chi connectivity index (χ1n) is 5.34. The number of nitrogens with one attached hydrogen (secondary N) is 1. The lowest BCUT2D eigenvalue weighted by Gasteiger charge is -2.47. The van der Waals surface area contributed by atoms with Gasteiger partial charge < -0.3 is 10.2 Å². The van der Waals surface area contributed by atoms with Crippen LogP contribution in [0.3, 0.4) is 0 Å². The van der Waals surface area contributed by atoms with Crippen molar-refractivity contribution < 1.29 is 4.79 Å². The van der Waals surface area contributed by atoms with E-state index in [1.54, 1.807) is 0 Å². The van der Waals surface area contributed by atoms with E-state index in [1.807, 2.05) is 0 Å². The number of piperidine rings is 1. The van der Waals surface area contributed by atoms with Crippen LogP contribution in [0.5, 0.6) is 0 Å². The Morgan fingerprint density at radius 1 is 1.46 bits per heavy atom. The topological polar surface area (TPSA) is 32.3 Å². The Morgan fingerprint density at radius 2 is 2.15 bits per heavy atom. The molecule has 2 heterocycles. The minimum absolute atomic E-state index is 0.374. The number of rotatable bonds is 2. The summed E-state index contributed by atoms with van der Waals surface area (Å²) in [5.74, 6) is 0.374. The molecule has 0 aromatic heterocycles. The molecule has 1 amide bonds. The van der Waals surface area contributed by atoms with Crippen LogP contribution < -0.4 is 5.32 Å². The number of nitrogens with zero attached hydrogens (tertiary/aromatic N) is 1. The van der Waals surface area contributed by atoms with Crippen LogP contribution in [0.25, 0.3) is 0 Å². The predicted molar refractivity (Wildman–Crippen MR) is 51.4 cm³/mol. The molecule has 1 N–H and O–H groups in total. The van der Waals surface area contributed by atoms with Gasteiger partial charge in [0.2, 0.25) is 5.91 Å². The molecule has 3 heteroatoms. The third-order valence-electron chi connectivity index (χ3n) is 3.26. The van der Waals surface area contributed by atoms with Crippen LogP contribution in [0.4, 0.5) is 0 Å². The van der Waals surface area contributed by atoms with Crippen molar-refractivity contribution in [1.82, 2.24) is 10.2 Å². The average Bonchev–Trinajstić information content (AvgIpc) is 2.15. The van der Waals surface area contributed by atoms with Gasteiger partial charge in [-0.3, -0.25) is 4.79 Å². The van der Waals surface area contributed by atoms with Crippen molar-refractivity contribution in [3.05, 3.63) is 0 Å². The van der Waals surface area contributed by atoms with Crippen LogP contribution in [0.1, 0.15) is 32.6 Å². The van der Waals surface area contributed by atoms with Gasteiger partial charge in [-0.1, -0.05) is 6.92 Å². The molecule has 0 bridgehead atoms. The van der Waals surface area contributed by atoms with Gasteiger partial charge in [0.15, 0.2) is 0 Å². The van der Waals surface area contributed by atoms with Crippen molar-refractivity contribution in [1.29, 1.82) is 0 Å². The first kappa shape index (κ1) is 9.00. The van der Waals surface area contributed by atoms with Crippen LogP contribution in [0, 0.1) is 0 Å². The van der Waals surface area contributed by atoms with Gasteiger partial charge in [0.25, 0.3) is 0 Å². The van der Waals surface area contributed by atoms with E-state index in [1.165, 1.54) is 0 Å². The van der Waals surface area contributed by atoms with E-state index >= 15 is 0 Å². The zero-order valence-corrected chi connectivity index (χ0v) is 8.25. The zero-order chi connectivity index (χ0) is 9.26. The van der Waals surface area contributed by atoms with Crippen molar-refractivity contribution in [2.45, 2.75) is 44.7 Å². The minimum Gasteiger partial charge on any atom is -0.336 e. The summed E-state index contributed by atoms with van der Waals surface area (Å²) < 4.78 is 0. The molecule has 3 nitrogen and oxygen atoms in total. The smallest absolute Gasteiger partial charge is 0.225 e. The van der Waals surface area contributed by atoms with Crippen LogP contribution in [0.2, 0.25) is 0 Å². The molecule has 2 fully saturated rings. The monoisotopic (exact) mass is 182 g/mol. The summed E-state index contributed by atoms with van der Waals surface area (Å²) in [6.07, 6.45) is 4.20. The molecule has 2 saturated heterocycles. The largest absolute Gasteiger partial charge is 0.336 e. The van der Waals surface area contributed by atoms with Gasteiger partial charge in [-0.15, -0.1) is 0 Å². The number of amides is 1. The number of carbonyl (C=O) groups is 1. The molecule has 0 radical (unpaired) electrons. The average molecular weight is 182 g/mol. The summed E-state index contributed by atoms with van der Waals surface area (Å²) in [6.45, 7) is 4.32. The molecule has 0 saturated carbocycles. The molecule has 0 unspecified atom stereocenters. The van der Waals surface area contributed by atoms with E-state index in [0.29, 0.717) is 18.0 Å². The van der Waals surface area contributed by atoms with E-state index < -0.39 is 0 Å². The molecule has 0 aromatic carbocycles. The lowest BCUT2D eigenvalue weighted by atomic mass is 9.92. The van der Waals surface area contributed by atoms with E-state index in [9.17, 15) is 4.79 Å². The molecule has 13 heavy (non-hydrogen) atoms. The molecule has 0 spiro atoms. The highest BCUT2D eigenvalue weighted by Crippen LogP contribution is 2.28. The maximum Gasteiger partial charge on any atom is 0.225 e. The number of likely N-dealkylation sites (tertiary alicyclic amines) is 1. The Hall–Kier alpha value is -0.570. The SMILES string of the molecule is CC[C@H]1CC(=O)N1C1CCNCC1. The quantitative estimate of drug-likeness (QED) is 0.639. The van der Waals surface area contributed by atoms with Gasteiger partial charge >= 0.3 is 0 Å². The molecule has 2 aliphatic rings.